The van der Waals surface area contributed by atoms with Crippen LogP contribution in [0.2, 0.25) is 0 Å². The largest absolute Gasteiger partial charge is 0.435 e. The highest BCUT2D eigenvalue weighted by atomic mass is 19.4. The van der Waals surface area contributed by atoms with Crippen molar-refractivity contribution < 1.29 is 27.2 Å². The van der Waals surface area contributed by atoms with Crippen molar-refractivity contribution in [3.8, 4) is 11.5 Å². The first-order valence-electron chi connectivity index (χ1n) is 12.8. The predicted molar refractivity (Wildman–Crippen MR) is 149 cm³/mol. The van der Waals surface area contributed by atoms with Gasteiger partial charge in [-0.15, -0.1) is 0 Å². The van der Waals surface area contributed by atoms with Gasteiger partial charge in [-0.05, 0) is 48.8 Å². The van der Waals surface area contributed by atoms with E-state index in [1.807, 2.05) is 19.9 Å². The smallest absolute Gasteiger partial charge is 0.416 e. The molecule has 0 saturated heterocycles. The minimum absolute atomic E-state index is 0.0807. The summed E-state index contributed by atoms with van der Waals surface area (Å²) in [5.41, 5.74) is 0.557. The van der Waals surface area contributed by atoms with Crippen LogP contribution in [0.3, 0.4) is 0 Å². The third-order valence-electron chi connectivity index (χ3n) is 6.19. The number of nitrogens with one attached hydrogen (secondary N) is 2. The number of alkyl halides is 3. The molecule has 0 aliphatic carbocycles. The molecule has 0 saturated carbocycles. The third-order valence-corrected chi connectivity index (χ3v) is 6.19. The molecule has 2 amide bonds. The number of nitrogens with zero attached hydrogens (tertiary/aromatic N) is 1. The van der Waals surface area contributed by atoms with Crippen LogP contribution in [0.15, 0.2) is 89.5 Å². The molecule has 1 heterocycles. The molecule has 2 N–H and O–H groups in total. The van der Waals surface area contributed by atoms with Gasteiger partial charge >= 0.3 is 6.18 Å². The zero-order valence-corrected chi connectivity index (χ0v) is 22.6. The normalized spacial score (nSPS) is 13.1. The lowest BCUT2D eigenvalue weighted by atomic mass is 10.1. The maximum absolute atomic E-state index is 13.4. The Morgan fingerprint density at radius 2 is 1.75 bits per heavy atom. The van der Waals surface area contributed by atoms with Crippen LogP contribution in [0, 0.1) is 5.92 Å². The number of aromatic nitrogens is 1. The Labute approximate surface area is 231 Å². The first kappa shape index (κ1) is 30.1. The molecule has 3 aromatic rings. The second kappa shape index (κ2) is 13.6. The van der Waals surface area contributed by atoms with Gasteiger partial charge in [-0.1, -0.05) is 69.3 Å². The van der Waals surface area contributed by atoms with Crippen LogP contribution in [-0.2, 0) is 17.5 Å². The van der Waals surface area contributed by atoms with Crippen molar-refractivity contribution >= 4 is 17.4 Å². The monoisotopic (exact) mass is 551 g/mol. The SMILES string of the molecule is C=C/C(=C\C=C(/C)NC(=O)CC(C)CC)c1oc(-c2ccccc2)nc1C(=O)NCc1ccccc1C(F)(F)F. The molecular formula is C31H32F3N3O3. The average molecular weight is 552 g/mol. The molecular weight excluding hydrogens is 519 g/mol. The van der Waals surface area contributed by atoms with E-state index >= 15 is 0 Å². The van der Waals surface area contributed by atoms with Gasteiger partial charge in [-0.2, -0.15) is 13.2 Å². The number of allylic oxidation sites excluding steroid dienone is 5. The van der Waals surface area contributed by atoms with E-state index in [-0.39, 0.29) is 41.3 Å². The van der Waals surface area contributed by atoms with E-state index in [1.165, 1.54) is 24.3 Å². The number of hydrogen-bond acceptors (Lipinski definition) is 4. The van der Waals surface area contributed by atoms with Crippen LogP contribution in [0.1, 0.15) is 61.0 Å². The molecule has 0 radical (unpaired) electrons. The Bertz CT molecular complexity index is 1410. The second-order valence-electron chi connectivity index (χ2n) is 9.34. The fourth-order valence-corrected chi connectivity index (χ4v) is 3.81. The van der Waals surface area contributed by atoms with Gasteiger partial charge in [0.1, 0.15) is 0 Å². The molecule has 9 heteroatoms. The summed E-state index contributed by atoms with van der Waals surface area (Å²) in [5, 5.41) is 5.36. The molecule has 1 unspecified atom stereocenters. The number of amides is 2. The summed E-state index contributed by atoms with van der Waals surface area (Å²) < 4.78 is 46.2. The van der Waals surface area contributed by atoms with Crippen LogP contribution < -0.4 is 10.6 Å². The lowest BCUT2D eigenvalue weighted by Gasteiger charge is -2.13. The molecule has 2 aromatic carbocycles. The minimum atomic E-state index is -4.56. The Hall–Kier alpha value is -4.40. The predicted octanol–water partition coefficient (Wildman–Crippen LogP) is 7.32. The highest BCUT2D eigenvalue weighted by Gasteiger charge is 2.33. The number of hydrogen-bond donors (Lipinski definition) is 2. The third kappa shape index (κ3) is 8.05. The summed E-state index contributed by atoms with van der Waals surface area (Å²) in [6, 6.07) is 13.9. The van der Waals surface area contributed by atoms with Crippen molar-refractivity contribution in [1.29, 1.82) is 0 Å². The number of halogens is 3. The Morgan fingerprint density at radius 3 is 2.40 bits per heavy atom. The summed E-state index contributed by atoms with van der Waals surface area (Å²) in [7, 11) is 0. The molecule has 40 heavy (non-hydrogen) atoms. The molecule has 3 rings (SSSR count). The van der Waals surface area contributed by atoms with Crippen LogP contribution in [-0.4, -0.2) is 16.8 Å². The van der Waals surface area contributed by atoms with Gasteiger partial charge in [0.05, 0.1) is 5.56 Å². The Kier molecular flexibility index (Phi) is 10.2. The van der Waals surface area contributed by atoms with E-state index in [0.29, 0.717) is 23.3 Å². The highest BCUT2D eigenvalue weighted by molar-refractivity contribution is 5.98. The summed E-state index contributed by atoms with van der Waals surface area (Å²) in [5.74, 6) is -0.325. The van der Waals surface area contributed by atoms with E-state index in [4.69, 9.17) is 4.42 Å². The standard InChI is InChI=1S/C31H32F3N3O3/c1-5-20(3)18-26(38)36-21(4)16-17-22(6-2)28-27(37-30(40-28)23-12-8-7-9-13-23)29(39)35-19-24-14-10-11-15-25(24)31(32,33)34/h6-17,20H,2,5,18-19H2,1,3-4H3,(H,35,39)(H,36,38)/b21-16+,22-17+. The van der Waals surface area contributed by atoms with Gasteiger partial charge in [-0.3, -0.25) is 9.59 Å². The van der Waals surface area contributed by atoms with Crippen LogP contribution in [0.5, 0.6) is 0 Å². The van der Waals surface area contributed by atoms with E-state index in [1.54, 1.807) is 43.3 Å². The first-order valence-corrected chi connectivity index (χ1v) is 12.8. The number of benzene rings is 2. The first-order chi connectivity index (χ1) is 19.0. The van der Waals surface area contributed by atoms with Crippen molar-refractivity contribution in [2.75, 3.05) is 0 Å². The number of oxazole rings is 1. The van der Waals surface area contributed by atoms with Crippen molar-refractivity contribution in [2.24, 2.45) is 5.92 Å². The quantitative estimate of drug-likeness (QED) is 0.245. The topological polar surface area (TPSA) is 84.2 Å². The fourth-order valence-electron chi connectivity index (χ4n) is 3.81. The minimum Gasteiger partial charge on any atom is -0.435 e. The lowest BCUT2D eigenvalue weighted by molar-refractivity contribution is -0.138. The van der Waals surface area contributed by atoms with Gasteiger partial charge in [0.25, 0.3) is 5.91 Å². The van der Waals surface area contributed by atoms with Gasteiger partial charge in [0, 0.05) is 29.8 Å². The van der Waals surface area contributed by atoms with Crippen LogP contribution >= 0.6 is 0 Å². The molecule has 0 aliphatic heterocycles. The van der Waals surface area contributed by atoms with E-state index < -0.39 is 17.6 Å². The molecule has 0 spiro atoms. The molecule has 210 valence electrons. The maximum Gasteiger partial charge on any atom is 0.416 e. The summed E-state index contributed by atoms with van der Waals surface area (Å²) in [4.78, 5) is 29.8. The van der Waals surface area contributed by atoms with Crippen molar-refractivity contribution in [3.05, 3.63) is 108 Å². The van der Waals surface area contributed by atoms with Gasteiger partial charge in [0.15, 0.2) is 11.5 Å². The molecule has 1 atom stereocenters. The van der Waals surface area contributed by atoms with Crippen molar-refractivity contribution in [3.63, 3.8) is 0 Å². The lowest BCUT2D eigenvalue weighted by Crippen LogP contribution is -2.25. The molecule has 0 bridgehead atoms. The summed E-state index contributed by atoms with van der Waals surface area (Å²) >= 11 is 0. The number of carbonyl (C=O) groups excluding carboxylic acids is 2. The number of rotatable bonds is 11. The Morgan fingerprint density at radius 1 is 1.07 bits per heavy atom. The zero-order valence-electron chi connectivity index (χ0n) is 22.6. The molecule has 0 aliphatic rings. The summed E-state index contributed by atoms with van der Waals surface area (Å²) in [6.07, 6.45) is 1.46. The highest BCUT2D eigenvalue weighted by Crippen LogP contribution is 2.32. The average Bonchev–Trinajstić information content (AvgIpc) is 3.37. The maximum atomic E-state index is 13.4. The van der Waals surface area contributed by atoms with E-state index in [2.05, 4.69) is 22.2 Å². The van der Waals surface area contributed by atoms with Gasteiger partial charge in [-0.25, -0.2) is 4.98 Å². The van der Waals surface area contributed by atoms with Crippen LogP contribution in [0.4, 0.5) is 13.2 Å². The molecule has 1 aromatic heterocycles. The van der Waals surface area contributed by atoms with Crippen LogP contribution in [0.25, 0.3) is 17.0 Å². The summed E-state index contributed by atoms with van der Waals surface area (Å²) in [6.45, 7) is 9.19. The molecule has 0 fully saturated rings. The fraction of sp³-hybridized carbons (Fsp3) is 0.258. The van der Waals surface area contributed by atoms with E-state index in [0.717, 1.165) is 12.5 Å². The number of carbonyl (C=O) groups is 2. The van der Waals surface area contributed by atoms with Gasteiger partial charge < -0.3 is 15.1 Å². The zero-order chi connectivity index (χ0) is 29.3. The van der Waals surface area contributed by atoms with Crippen molar-refractivity contribution in [2.45, 2.75) is 46.3 Å². The van der Waals surface area contributed by atoms with Crippen molar-refractivity contribution in [1.82, 2.24) is 15.6 Å². The van der Waals surface area contributed by atoms with Gasteiger partial charge in [0.2, 0.25) is 11.8 Å². The molecule has 6 nitrogen and oxygen atoms in total. The second-order valence-corrected chi connectivity index (χ2v) is 9.34. The van der Waals surface area contributed by atoms with E-state index in [9.17, 15) is 22.8 Å². The Balaban J connectivity index is 1.93.